The van der Waals surface area contributed by atoms with Gasteiger partial charge in [-0.2, -0.15) is 34.2 Å². The average Bonchev–Trinajstić information content (AvgIpc) is 1.76. The van der Waals surface area contributed by atoms with Crippen LogP contribution in [0, 0.1) is 108 Å². The number of halogens is 3. The molecule has 0 aliphatic carbocycles. The standard InChI is InChI=1S/C36H25N5.C35H23N5.C26H18F3N5.C25H19N5.CH4/c1-23-13-17-31-29(19-23)30-20-24(2)14-18-32(30)41(31)33-21-25(22-37)15-16-28(33)36-39-34(26-9-5-3-6-10-26)38-35(40-36)27-11-7-4-8-12-27;1-23-16-19-31-29(20-23)27-14-8-9-15-30(27)40(31)32-21-24(22-36)17-18-28(32)35-38-33(25-10-4-2-5-11-25)37-34(39-35)26-12-6-3-7-13-26;1-14-4-7-19-20-9-6-18(26(27,28)29)12-24(20)34(22(19)10-14)23-11-17(13-30)5-8-21(23)25-32-15(2)31-16(3)33-25;1-15-8-10-20-19-6-4-5-7-22(19)30(23(20)12-15)24-13-18(14-26)9-11-21(24)25-28-16(2)27-17(3)29-25;/h3-21H,1-2H3;2-21H,1H3;4-12H,1-3H3;4-13H,1-3H3;1H4. The fourth-order valence-electron chi connectivity index (χ4n) is 19.0. The molecule has 0 radical (unpaired) electrons. The van der Waals surface area contributed by atoms with Gasteiger partial charge in [0.25, 0.3) is 0 Å². The smallest absolute Gasteiger partial charge is 0.308 e. The van der Waals surface area contributed by atoms with Crippen LogP contribution < -0.4 is 0 Å². The Morgan fingerprint density at radius 3 is 0.753 bits per heavy atom. The molecular weight excluding hydrogens is 1810 g/mol. The largest absolute Gasteiger partial charge is 0.416 e. The number of hydrogen-bond donors (Lipinski definition) is 0. The minimum atomic E-state index is -4.49. The summed E-state index contributed by atoms with van der Waals surface area (Å²) in [5.41, 5.74) is 24.4. The Morgan fingerprint density at radius 1 is 0.205 bits per heavy atom. The number of hydrogen-bond acceptors (Lipinski definition) is 16. The number of aryl methyl sites for hydroxylation is 9. The molecule has 23 heteroatoms. The van der Waals surface area contributed by atoms with Crippen molar-refractivity contribution in [3.05, 3.63) is 431 Å². The van der Waals surface area contributed by atoms with E-state index in [4.69, 9.17) is 29.9 Å². The van der Waals surface area contributed by atoms with Crippen LogP contribution in [0.3, 0.4) is 0 Å². The van der Waals surface area contributed by atoms with Crippen LogP contribution in [0.15, 0.2) is 352 Å². The second-order valence-corrected chi connectivity index (χ2v) is 35.7. The summed E-state index contributed by atoms with van der Waals surface area (Å²) in [5.74, 6) is 6.86. The number of para-hydroxylation sites is 2. The van der Waals surface area contributed by atoms with Crippen LogP contribution in [0.2, 0.25) is 0 Å². The third kappa shape index (κ3) is 18.3. The zero-order chi connectivity index (χ0) is 100. The van der Waals surface area contributed by atoms with Gasteiger partial charge in [0.1, 0.15) is 23.3 Å². The summed E-state index contributed by atoms with van der Waals surface area (Å²) in [5, 5.41) is 47.4. The van der Waals surface area contributed by atoms with Crippen LogP contribution >= 0.6 is 0 Å². The summed E-state index contributed by atoms with van der Waals surface area (Å²) in [6, 6.07) is 123. The van der Waals surface area contributed by atoms with E-state index in [2.05, 4.69) is 205 Å². The maximum atomic E-state index is 13.6. The fraction of sp³-hybridized carbons (Fsp3) is 0.0894. The first-order chi connectivity index (χ1) is 70.5. The molecule has 146 heavy (non-hydrogen) atoms. The molecule has 8 heterocycles. The van der Waals surface area contributed by atoms with Crippen molar-refractivity contribution < 1.29 is 13.2 Å². The molecule has 702 valence electrons. The summed E-state index contributed by atoms with van der Waals surface area (Å²) >= 11 is 0. The van der Waals surface area contributed by atoms with Gasteiger partial charge in [-0.1, -0.05) is 230 Å². The Labute approximate surface area is 839 Å². The first kappa shape index (κ1) is 94.1. The second-order valence-electron chi connectivity index (χ2n) is 35.7. The van der Waals surface area contributed by atoms with Crippen LogP contribution in [0.5, 0.6) is 0 Å². The van der Waals surface area contributed by atoms with Gasteiger partial charge in [0, 0.05) is 87.6 Å². The SMILES string of the molecule is C.Cc1ccc2c(c1)c1cc(C)ccc1n2-c1cc(C#N)ccc1-c1nc(-c2ccccc2)nc(-c2ccccc2)n1.Cc1ccc2c(c1)c1ccccc1n2-c1cc(C#N)ccc1-c1nc(-c2ccccc2)nc(-c2ccccc2)n1.Cc1ccc2c3ccc(C(F)(F)F)cc3n(-c3cc(C#N)ccc3-c3nc(C)nc(C)n3)c2c1.Cc1ccc2c3ccccc3n(-c3cc(C#N)ccc3-c3nc(C)nc(C)n3)c2c1. The van der Waals surface area contributed by atoms with E-state index >= 15 is 0 Å². The summed E-state index contributed by atoms with van der Waals surface area (Å²) in [6.07, 6.45) is -4.49. The zero-order valence-corrected chi connectivity index (χ0v) is 80.1. The molecule has 0 amide bonds. The van der Waals surface area contributed by atoms with E-state index in [-0.39, 0.29) is 7.43 Å². The quantitative estimate of drug-likeness (QED) is 0.110. The van der Waals surface area contributed by atoms with Crippen molar-refractivity contribution in [3.63, 3.8) is 0 Å². The Morgan fingerprint density at radius 2 is 0.438 bits per heavy atom. The lowest BCUT2D eigenvalue weighted by Gasteiger charge is -2.15. The molecule has 0 atom stereocenters. The Balaban J connectivity index is 0.000000119. The highest BCUT2D eigenvalue weighted by atomic mass is 19.4. The number of nitriles is 4. The Bertz CT molecular complexity index is 9280. The first-order valence-corrected chi connectivity index (χ1v) is 46.9. The Hall–Kier alpha value is -19.5. The maximum absolute atomic E-state index is 13.6. The van der Waals surface area contributed by atoms with Crippen molar-refractivity contribution >= 4 is 87.2 Å². The second kappa shape index (κ2) is 39.3. The molecule has 8 aromatic heterocycles. The molecule has 20 nitrogen and oxygen atoms in total. The molecule has 0 bridgehead atoms. The van der Waals surface area contributed by atoms with E-state index < -0.39 is 11.7 Å². The summed E-state index contributed by atoms with van der Waals surface area (Å²) < 4.78 is 49.3. The molecule has 0 N–H and O–H groups in total. The predicted octanol–water partition coefficient (Wildman–Crippen LogP) is 29.1. The number of benzene rings is 16. The molecule has 24 rings (SSSR count). The van der Waals surface area contributed by atoms with Gasteiger partial charge in [0.05, 0.1) is 119 Å². The summed E-state index contributed by atoms with van der Waals surface area (Å²) in [6.45, 7) is 17.6. The minimum Gasteiger partial charge on any atom is -0.308 e. The van der Waals surface area contributed by atoms with Crippen LogP contribution in [0.1, 0.15) is 86.4 Å². The van der Waals surface area contributed by atoms with Crippen molar-refractivity contribution in [2.45, 2.75) is 75.9 Å². The number of aromatic nitrogens is 16. The van der Waals surface area contributed by atoms with Crippen molar-refractivity contribution in [1.82, 2.24) is 78.1 Å². The highest BCUT2D eigenvalue weighted by Crippen LogP contribution is 2.45. The van der Waals surface area contributed by atoms with Crippen molar-refractivity contribution in [3.8, 4) is 138 Å². The average molecular weight is 1900 g/mol. The van der Waals surface area contributed by atoms with Crippen LogP contribution in [-0.2, 0) is 6.18 Å². The van der Waals surface area contributed by atoms with Crippen LogP contribution in [0.25, 0.3) is 201 Å². The highest BCUT2D eigenvalue weighted by Gasteiger charge is 2.33. The van der Waals surface area contributed by atoms with Gasteiger partial charge in [-0.3, -0.25) is 0 Å². The normalized spacial score (nSPS) is 11.2. The maximum Gasteiger partial charge on any atom is 0.416 e. The Kier molecular flexibility index (Phi) is 25.3. The highest BCUT2D eigenvalue weighted by molar-refractivity contribution is 6.14. The molecule has 0 unspecified atom stereocenters. The number of alkyl halides is 3. The van der Waals surface area contributed by atoms with Gasteiger partial charge < -0.3 is 18.3 Å². The number of fused-ring (bicyclic) bond motifs is 12. The molecular formula is C123H89F3N20. The molecule has 0 spiro atoms. The van der Waals surface area contributed by atoms with Gasteiger partial charge in [-0.25, -0.2) is 59.8 Å². The molecule has 24 aromatic rings. The molecule has 0 fully saturated rings. The lowest BCUT2D eigenvalue weighted by molar-refractivity contribution is -0.137. The van der Waals surface area contributed by atoms with E-state index in [1.165, 1.54) is 49.9 Å². The molecule has 0 saturated heterocycles. The van der Waals surface area contributed by atoms with E-state index in [9.17, 15) is 34.2 Å². The topological polar surface area (TPSA) is 270 Å². The van der Waals surface area contributed by atoms with Gasteiger partial charge in [-0.15, -0.1) is 0 Å². The van der Waals surface area contributed by atoms with Gasteiger partial charge in [-0.05, 0) is 219 Å². The molecule has 0 aliphatic rings. The van der Waals surface area contributed by atoms with E-state index in [1.54, 1.807) is 36.6 Å². The van der Waals surface area contributed by atoms with E-state index in [0.29, 0.717) is 114 Å². The first-order valence-electron chi connectivity index (χ1n) is 46.9. The number of rotatable bonds is 12. The van der Waals surface area contributed by atoms with E-state index in [0.717, 1.165) is 128 Å². The lowest BCUT2D eigenvalue weighted by atomic mass is 10.1. The number of nitrogens with zero attached hydrogens (tertiary/aromatic N) is 20. The fourth-order valence-corrected chi connectivity index (χ4v) is 19.0. The minimum absolute atomic E-state index is 0. The van der Waals surface area contributed by atoms with Gasteiger partial charge in [0.15, 0.2) is 46.6 Å². The zero-order valence-electron chi connectivity index (χ0n) is 80.1. The molecule has 0 saturated carbocycles. The van der Waals surface area contributed by atoms with Crippen molar-refractivity contribution in [2.24, 2.45) is 0 Å². The van der Waals surface area contributed by atoms with Crippen LogP contribution in [-0.4, -0.2) is 78.1 Å². The van der Waals surface area contributed by atoms with Gasteiger partial charge >= 0.3 is 6.18 Å². The predicted molar refractivity (Wildman–Crippen MR) is 573 cm³/mol. The third-order valence-corrected chi connectivity index (χ3v) is 25.5. The van der Waals surface area contributed by atoms with Gasteiger partial charge in [0.2, 0.25) is 0 Å². The lowest BCUT2D eigenvalue weighted by Crippen LogP contribution is -2.06. The summed E-state index contributed by atoms with van der Waals surface area (Å²) in [4.78, 5) is 56.3. The molecule has 16 aromatic carbocycles. The monoisotopic (exact) mass is 1900 g/mol. The van der Waals surface area contributed by atoms with Crippen molar-refractivity contribution in [1.29, 1.82) is 21.0 Å². The van der Waals surface area contributed by atoms with Crippen molar-refractivity contribution in [2.75, 3.05) is 0 Å². The van der Waals surface area contributed by atoms with E-state index in [1.807, 2.05) is 227 Å². The summed E-state index contributed by atoms with van der Waals surface area (Å²) in [7, 11) is 0. The third-order valence-electron chi connectivity index (χ3n) is 25.5. The molecule has 0 aliphatic heterocycles. The van der Waals surface area contributed by atoms with Crippen LogP contribution in [0.4, 0.5) is 13.2 Å².